The van der Waals surface area contributed by atoms with E-state index in [1.54, 1.807) is 9.47 Å². The van der Waals surface area contributed by atoms with Gasteiger partial charge < -0.3 is 14.4 Å². The van der Waals surface area contributed by atoms with Gasteiger partial charge in [0, 0.05) is 43.2 Å². The third-order valence-electron chi connectivity index (χ3n) is 4.94. The van der Waals surface area contributed by atoms with E-state index in [2.05, 4.69) is 0 Å². The van der Waals surface area contributed by atoms with Crippen molar-refractivity contribution in [3.05, 3.63) is 20.2 Å². The van der Waals surface area contributed by atoms with Gasteiger partial charge in [-0.25, -0.2) is 0 Å². The zero-order chi connectivity index (χ0) is 18.4. The first kappa shape index (κ1) is 19.7. The zero-order valence-corrected chi connectivity index (χ0v) is 16.4. The smallest absolute Gasteiger partial charge is 0.307 e. The molecule has 7 heteroatoms. The first-order valence-electron chi connectivity index (χ1n) is 9.16. The lowest BCUT2D eigenvalue weighted by atomic mass is 10.2. The van der Waals surface area contributed by atoms with Gasteiger partial charge in [0.1, 0.15) is 0 Å². The monoisotopic (exact) mass is 367 g/mol. The Morgan fingerprint density at radius 2 is 1.76 bits per heavy atom. The molecule has 0 unspecified atom stereocenters. The van der Waals surface area contributed by atoms with E-state index in [4.69, 9.17) is 0 Å². The standard InChI is InChI=1S/C18H29N3O3S/c1-4-19(13-17(23)20-10-7-5-6-8-11-20)16(22)9-12-21-14(2)15(3)25-18(21)24/h4-13H2,1-3H3. The quantitative estimate of drug-likeness (QED) is 0.774. The minimum absolute atomic E-state index is 0.0218. The molecule has 1 saturated heterocycles. The van der Waals surface area contributed by atoms with Crippen molar-refractivity contribution in [1.82, 2.24) is 14.4 Å². The van der Waals surface area contributed by atoms with Crippen LogP contribution in [0.3, 0.4) is 0 Å². The van der Waals surface area contributed by atoms with Crippen molar-refractivity contribution in [2.45, 2.75) is 59.4 Å². The second-order valence-electron chi connectivity index (χ2n) is 6.61. The Labute approximate surface area is 153 Å². The van der Waals surface area contributed by atoms with Gasteiger partial charge in [0.2, 0.25) is 11.8 Å². The highest BCUT2D eigenvalue weighted by atomic mass is 32.1. The number of thiazole rings is 1. The van der Waals surface area contributed by atoms with E-state index in [-0.39, 0.29) is 29.7 Å². The van der Waals surface area contributed by atoms with E-state index < -0.39 is 0 Å². The summed E-state index contributed by atoms with van der Waals surface area (Å²) in [5, 5.41) is 0. The number of rotatable bonds is 6. The van der Waals surface area contributed by atoms with Crippen LogP contribution in [-0.2, 0) is 16.1 Å². The number of aromatic nitrogens is 1. The number of carbonyl (C=O) groups excluding carboxylic acids is 2. The fourth-order valence-corrected chi connectivity index (χ4v) is 4.03. The van der Waals surface area contributed by atoms with Crippen molar-refractivity contribution < 1.29 is 9.59 Å². The predicted octanol–water partition coefficient (Wildman–Crippen LogP) is 2.17. The van der Waals surface area contributed by atoms with E-state index in [1.165, 1.54) is 24.2 Å². The van der Waals surface area contributed by atoms with Gasteiger partial charge in [0.15, 0.2) is 0 Å². The third kappa shape index (κ3) is 5.17. The molecule has 2 rings (SSSR count). The summed E-state index contributed by atoms with van der Waals surface area (Å²) >= 11 is 1.21. The summed E-state index contributed by atoms with van der Waals surface area (Å²) in [7, 11) is 0. The fraction of sp³-hybridized carbons (Fsp3) is 0.722. The third-order valence-corrected chi connectivity index (χ3v) is 5.94. The lowest BCUT2D eigenvalue weighted by Gasteiger charge is -2.26. The zero-order valence-electron chi connectivity index (χ0n) is 15.5. The molecule has 0 aliphatic carbocycles. The van der Waals surface area contributed by atoms with Gasteiger partial charge in [0.05, 0.1) is 6.54 Å². The molecule has 1 aliphatic heterocycles. The van der Waals surface area contributed by atoms with E-state index in [1.807, 2.05) is 25.7 Å². The summed E-state index contributed by atoms with van der Waals surface area (Å²) in [4.78, 5) is 41.4. The molecule has 25 heavy (non-hydrogen) atoms. The van der Waals surface area contributed by atoms with Crippen LogP contribution in [0.2, 0.25) is 0 Å². The van der Waals surface area contributed by atoms with Gasteiger partial charge in [-0.15, -0.1) is 0 Å². The van der Waals surface area contributed by atoms with E-state index in [0.717, 1.165) is 36.5 Å². The molecule has 0 bridgehead atoms. The van der Waals surface area contributed by atoms with Crippen LogP contribution in [0.4, 0.5) is 0 Å². The van der Waals surface area contributed by atoms with Crippen LogP contribution >= 0.6 is 11.3 Å². The second-order valence-corrected chi connectivity index (χ2v) is 7.78. The highest BCUT2D eigenvalue weighted by Crippen LogP contribution is 2.12. The molecule has 0 N–H and O–H groups in total. The fourth-order valence-electron chi connectivity index (χ4n) is 3.17. The average Bonchev–Trinajstić information content (AvgIpc) is 2.80. The molecule has 0 saturated carbocycles. The summed E-state index contributed by atoms with van der Waals surface area (Å²) < 4.78 is 1.66. The average molecular weight is 368 g/mol. The van der Waals surface area contributed by atoms with Crippen molar-refractivity contribution in [3.63, 3.8) is 0 Å². The Kier molecular flexibility index (Phi) is 7.23. The number of amides is 2. The highest BCUT2D eigenvalue weighted by molar-refractivity contribution is 7.09. The van der Waals surface area contributed by atoms with Crippen LogP contribution in [0, 0.1) is 13.8 Å². The Morgan fingerprint density at radius 1 is 1.12 bits per heavy atom. The first-order valence-corrected chi connectivity index (χ1v) is 9.98. The topological polar surface area (TPSA) is 62.6 Å². The van der Waals surface area contributed by atoms with Crippen molar-refractivity contribution in [3.8, 4) is 0 Å². The van der Waals surface area contributed by atoms with Gasteiger partial charge in [0.25, 0.3) is 0 Å². The normalized spacial score (nSPS) is 15.1. The number of nitrogens with zero attached hydrogens (tertiary/aromatic N) is 3. The van der Waals surface area contributed by atoms with E-state index >= 15 is 0 Å². The molecule has 1 fully saturated rings. The van der Waals surface area contributed by atoms with Crippen LogP contribution in [0.5, 0.6) is 0 Å². The second kappa shape index (κ2) is 9.17. The maximum absolute atomic E-state index is 12.5. The van der Waals surface area contributed by atoms with E-state index in [0.29, 0.717) is 13.1 Å². The number of hydrogen-bond donors (Lipinski definition) is 0. The van der Waals surface area contributed by atoms with Crippen LogP contribution in [0.15, 0.2) is 4.79 Å². The Morgan fingerprint density at radius 3 is 2.28 bits per heavy atom. The summed E-state index contributed by atoms with van der Waals surface area (Å²) in [5.74, 6) is -0.0300. The lowest BCUT2D eigenvalue weighted by molar-refractivity contribution is -0.140. The molecule has 0 radical (unpaired) electrons. The Balaban J connectivity index is 1.91. The molecule has 2 amide bonds. The van der Waals surface area contributed by atoms with Gasteiger partial charge in [-0.3, -0.25) is 14.4 Å². The summed E-state index contributed by atoms with van der Waals surface area (Å²) in [6.07, 6.45) is 4.69. The predicted molar refractivity (Wildman–Crippen MR) is 100.0 cm³/mol. The Bertz CT molecular complexity index is 657. The molecule has 1 aromatic heterocycles. The van der Waals surface area contributed by atoms with Crippen molar-refractivity contribution in [2.24, 2.45) is 0 Å². The molecule has 0 spiro atoms. The highest BCUT2D eigenvalue weighted by Gasteiger charge is 2.21. The number of likely N-dealkylation sites (N-methyl/N-ethyl adjacent to an activating group) is 1. The maximum Gasteiger partial charge on any atom is 0.307 e. The number of aryl methyl sites for hydroxylation is 1. The molecule has 0 atom stereocenters. The van der Waals surface area contributed by atoms with Gasteiger partial charge in [-0.05, 0) is 33.6 Å². The van der Waals surface area contributed by atoms with Crippen molar-refractivity contribution >= 4 is 23.2 Å². The minimum Gasteiger partial charge on any atom is -0.341 e. The Hall–Kier alpha value is -1.63. The number of hydrogen-bond acceptors (Lipinski definition) is 4. The summed E-state index contributed by atoms with van der Waals surface area (Å²) in [6.45, 7) is 8.33. The van der Waals surface area contributed by atoms with Crippen molar-refractivity contribution in [2.75, 3.05) is 26.2 Å². The molecule has 1 aliphatic rings. The molecule has 2 heterocycles. The van der Waals surface area contributed by atoms with Crippen LogP contribution in [-0.4, -0.2) is 52.4 Å². The van der Waals surface area contributed by atoms with Crippen LogP contribution < -0.4 is 4.87 Å². The molecular formula is C18H29N3O3S. The minimum atomic E-state index is -0.0687. The first-order chi connectivity index (χ1) is 11.9. The molecule has 0 aromatic carbocycles. The molecule has 1 aromatic rings. The van der Waals surface area contributed by atoms with Gasteiger partial charge >= 0.3 is 4.87 Å². The summed E-state index contributed by atoms with van der Waals surface area (Å²) in [6, 6.07) is 0. The SMILES string of the molecule is CCN(CC(=O)N1CCCCCC1)C(=O)CCn1c(C)c(C)sc1=O. The number of likely N-dealkylation sites (tertiary alicyclic amines) is 1. The van der Waals surface area contributed by atoms with Crippen LogP contribution in [0.25, 0.3) is 0 Å². The lowest BCUT2D eigenvalue weighted by Crippen LogP contribution is -2.43. The molecular weight excluding hydrogens is 338 g/mol. The van der Waals surface area contributed by atoms with E-state index in [9.17, 15) is 14.4 Å². The van der Waals surface area contributed by atoms with Crippen molar-refractivity contribution in [1.29, 1.82) is 0 Å². The number of carbonyl (C=O) groups is 2. The maximum atomic E-state index is 12.5. The van der Waals surface area contributed by atoms with Gasteiger partial charge in [-0.2, -0.15) is 0 Å². The van der Waals surface area contributed by atoms with Crippen LogP contribution in [0.1, 0.15) is 49.6 Å². The molecule has 6 nitrogen and oxygen atoms in total. The van der Waals surface area contributed by atoms with Gasteiger partial charge in [-0.1, -0.05) is 24.2 Å². The largest absolute Gasteiger partial charge is 0.341 e. The summed E-state index contributed by atoms with van der Waals surface area (Å²) in [5.41, 5.74) is 0.923. The molecule has 140 valence electrons.